The molecule has 0 atom stereocenters. The summed E-state index contributed by atoms with van der Waals surface area (Å²) < 4.78 is 4.97. The Morgan fingerprint density at radius 3 is 2.81 bits per heavy atom. The second-order valence-electron chi connectivity index (χ2n) is 3.44. The van der Waals surface area contributed by atoms with Crippen molar-refractivity contribution >= 4 is 17.7 Å². The molecule has 0 aliphatic carbocycles. The maximum absolute atomic E-state index is 11.0. The average molecular weight is 240 g/mol. The highest BCUT2D eigenvalue weighted by Crippen LogP contribution is 2.22. The van der Waals surface area contributed by atoms with E-state index in [-0.39, 0.29) is 0 Å². The number of carboxylic acids is 1. The third-order valence-corrected chi connectivity index (χ3v) is 3.10. The first-order chi connectivity index (χ1) is 7.69. The van der Waals surface area contributed by atoms with Crippen LogP contribution in [0.1, 0.15) is 22.3 Å². The predicted molar refractivity (Wildman–Crippen MR) is 65.4 cm³/mol. The molecule has 0 aliphatic rings. The average Bonchev–Trinajstić information content (AvgIpc) is 2.29. The van der Waals surface area contributed by atoms with Crippen LogP contribution in [0.4, 0.5) is 0 Å². The van der Waals surface area contributed by atoms with Crippen LogP contribution >= 0.6 is 11.8 Å². The molecule has 0 saturated carbocycles. The van der Waals surface area contributed by atoms with E-state index in [4.69, 9.17) is 9.84 Å². The number of hydrogen-bond donors (Lipinski definition) is 1. The molecule has 1 aromatic carbocycles. The monoisotopic (exact) mass is 240 g/mol. The number of carbonyl (C=O) groups is 1. The van der Waals surface area contributed by atoms with E-state index in [1.165, 1.54) is 11.8 Å². The zero-order chi connectivity index (χ0) is 12.0. The molecule has 0 saturated heterocycles. The van der Waals surface area contributed by atoms with Crippen molar-refractivity contribution in [3.8, 4) is 0 Å². The van der Waals surface area contributed by atoms with Gasteiger partial charge in [-0.1, -0.05) is 6.07 Å². The molecule has 0 unspecified atom stereocenters. The van der Waals surface area contributed by atoms with Gasteiger partial charge in [-0.2, -0.15) is 0 Å². The molecule has 0 aromatic heterocycles. The number of carboxylic acid groups (broad SMARTS) is 1. The second kappa shape index (κ2) is 6.55. The zero-order valence-electron chi connectivity index (χ0n) is 9.53. The highest BCUT2D eigenvalue weighted by Gasteiger charge is 2.09. The summed E-state index contributed by atoms with van der Waals surface area (Å²) in [6, 6.07) is 5.61. The Morgan fingerprint density at radius 2 is 2.25 bits per heavy atom. The van der Waals surface area contributed by atoms with Crippen molar-refractivity contribution in [1.29, 1.82) is 0 Å². The fourth-order valence-corrected chi connectivity index (χ4v) is 2.07. The molecule has 0 aliphatic heterocycles. The van der Waals surface area contributed by atoms with E-state index >= 15 is 0 Å². The number of ether oxygens (including phenoxy) is 1. The fraction of sp³-hybridized carbons (Fsp3) is 0.417. The largest absolute Gasteiger partial charge is 0.478 e. The van der Waals surface area contributed by atoms with Crippen molar-refractivity contribution in [1.82, 2.24) is 0 Å². The summed E-state index contributed by atoms with van der Waals surface area (Å²) in [5.41, 5.74) is 1.44. The van der Waals surface area contributed by atoms with Crippen molar-refractivity contribution < 1.29 is 14.6 Å². The van der Waals surface area contributed by atoms with Crippen LogP contribution in [0.25, 0.3) is 0 Å². The molecule has 1 aromatic rings. The lowest BCUT2D eigenvalue weighted by molar-refractivity contribution is 0.0693. The minimum atomic E-state index is -0.863. The molecule has 16 heavy (non-hydrogen) atoms. The van der Waals surface area contributed by atoms with Crippen LogP contribution < -0.4 is 0 Å². The summed E-state index contributed by atoms with van der Waals surface area (Å²) in [5, 5.41) is 9.05. The molecule has 4 heteroatoms. The van der Waals surface area contributed by atoms with E-state index in [0.29, 0.717) is 12.2 Å². The van der Waals surface area contributed by atoms with Crippen molar-refractivity contribution in [3.63, 3.8) is 0 Å². The first-order valence-corrected chi connectivity index (χ1v) is 6.30. The van der Waals surface area contributed by atoms with Gasteiger partial charge in [0.05, 0.1) is 5.56 Å². The lowest BCUT2D eigenvalue weighted by Crippen LogP contribution is -2.01. The maximum Gasteiger partial charge on any atom is 0.336 e. The van der Waals surface area contributed by atoms with Gasteiger partial charge < -0.3 is 9.84 Å². The lowest BCUT2D eigenvalue weighted by Gasteiger charge is -2.06. The van der Waals surface area contributed by atoms with E-state index in [1.54, 1.807) is 13.2 Å². The summed E-state index contributed by atoms with van der Waals surface area (Å²) in [6.07, 6.45) is 3.64. The summed E-state index contributed by atoms with van der Waals surface area (Å²) in [4.78, 5) is 11.8. The minimum Gasteiger partial charge on any atom is -0.478 e. The van der Waals surface area contributed by atoms with Gasteiger partial charge in [-0.25, -0.2) is 4.79 Å². The molecule has 0 fully saturated rings. The van der Waals surface area contributed by atoms with E-state index in [9.17, 15) is 4.79 Å². The lowest BCUT2D eigenvalue weighted by atomic mass is 10.1. The second-order valence-corrected chi connectivity index (χ2v) is 4.28. The third-order valence-electron chi connectivity index (χ3n) is 2.31. The Morgan fingerprint density at radius 1 is 1.50 bits per heavy atom. The van der Waals surface area contributed by atoms with Gasteiger partial charge in [0.25, 0.3) is 0 Å². The summed E-state index contributed by atoms with van der Waals surface area (Å²) in [5.74, 6) is -0.863. The van der Waals surface area contributed by atoms with E-state index < -0.39 is 5.97 Å². The van der Waals surface area contributed by atoms with Gasteiger partial charge in [-0.15, -0.1) is 11.8 Å². The van der Waals surface area contributed by atoms with Gasteiger partial charge >= 0.3 is 5.97 Å². The van der Waals surface area contributed by atoms with Gasteiger partial charge in [0.15, 0.2) is 0 Å². The van der Waals surface area contributed by atoms with Gasteiger partial charge in [-0.05, 0) is 36.8 Å². The fourth-order valence-electron chi connectivity index (χ4n) is 1.50. The Kier molecular flexibility index (Phi) is 5.35. The molecular formula is C12H16O3S. The molecule has 0 radical (unpaired) electrons. The summed E-state index contributed by atoms with van der Waals surface area (Å²) in [7, 11) is 1.67. The third kappa shape index (κ3) is 3.54. The molecule has 88 valence electrons. The number of aryl methyl sites for hydroxylation is 1. The molecule has 0 spiro atoms. The Bertz CT molecular complexity index is 363. The van der Waals surface area contributed by atoms with Crippen LogP contribution in [0.3, 0.4) is 0 Å². The summed E-state index contributed by atoms with van der Waals surface area (Å²) in [6.45, 7) is 0.701. The van der Waals surface area contributed by atoms with Crippen molar-refractivity contribution in [2.45, 2.75) is 17.7 Å². The number of benzene rings is 1. The van der Waals surface area contributed by atoms with Gasteiger partial charge in [0, 0.05) is 18.6 Å². The molecule has 0 amide bonds. The molecule has 0 bridgehead atoms. The smallest absolute Gasteiger partial charge is 0.336 e. The SMILES string of the molecule is COCCCc1ccc(SC)c(C(=O)O)c1. The van der Waals surface area contributed by atoms with Crippen LogP contribution in [0.2, 0.25) is 0 Å². The molecular weight excluding hydrogens is 224 g/mol. The molecule has 3 nitrogen and oxygen atoms in total. The highest BCUT2D eigenvalue weighted by molar-refractivity contribution is 7.98. The molecule has 1 N–H and O–H groups in total. The van der Waals surface area contributed by atoms with Gasteiger partial charge in [-0.3, -0.25) is 0 Å². The molecule has 1 rings (SSSR count). The number of rotatable bonds is 6. The van der Waals surface area contributed by atoms with Crippen LogP contribution in [0.5, 0.6) is 0 Å². The number of methoxy groups -OCH3 is 1. The standard InChI is InChI=1S/C12H16O3S/c1-15-7-3-4-9-5-6-11(16-2)10(8-9)12(13)14/h5-6,8H,3-4,7H2,1-2H3,(H,13,14). The topological polar surface area (TPSA) is 46.5 Å². The van der Waals surface area contributed by atoms with Gasteiger partial charge in [0.1, 0.15) is 0 Å². The Balaban J connectivity index is 2.81. The Hall–Kier alpha value is -1.00. The number of hydrogen-bond acceptors (Lipinski definition) is 3. The molecule has 0 heterocycles. The maximum atomic E-state index is 11.0. The van der Waals surface area contributed by atoms with Crippen LogP contribution in [-0.2, 0) is 11.2 Å². The highest BCUT2D eigenvalue weighted by atomic mass is 32.2. The number of aromatic carboxylic acids is 1. The van der Waals surface area contributed by atoms with Crippen LogP contribution in [-0.4, -0.2) is 31.0 Å². The van der Waals surface area contributed by atoms with E-state index in [2.05, 4.69) is 0 Å². The number of thioether (sulfide) groups is 1. The zero-order valence-corrected chi connectivity index (χ0v) is 10.3. The Labute approximate surface area is 99.8 Å². The van der Waals surface area contributed by atoms with Crippen molar-refractivity contribution in [2.75, 3.05) is 20.0 Å². The van der Waals surface area contributed by atoms with Crippen LogP contribution in [0.15, 0.2) is 23.1 Å². The first kappa shape index (κ1) is 13.1. The van der Waals surface area contributed by atoms with Gasteiger partial charge in [0.2, 0.25) is 0 Å². The van der Waals surface area contributed by atoms with E-state index in [1.807, 2.05) is 18.4 Å². The van der Waals surface area contributed by atoms with Crippen molar-refractivity contribution in [3.05, 3.63) is 29.3 Å². The summed E-state index contributed by atoms with van der Waals surface area (Å²) >= 11 is 1.46. The predicted octanol–water partition coefficient (Wildman–Crippen LogP) is 2.69. The van der Waals surface area contributed by atoms with Crippen molar-refractivity contribution in [2.24, 2.45) is 0 Å². The first-order valence-electron chi connectivity index (χ1n) is 5.08. The van der Waals surface area contributed by atoms with E-state index in [0.717, 1.165) is 23.3 Å². The normalized spacial score (nSPS) is 10.4. The minimum absolute atomic E-state index is 0.391. The quantitative estimate of drug-likeness (QED) is 0.613. The van der Waals surface area contributed by atoms with Crippen LogP contribution in [0, 0.1) is 0 Å².